The number of rotatable bonds is 5. The molecule has 0 atom stereocenters. The van der Waals surface area contributed by atoms with Crippen molar-refractivity contribution >= 4 is 28.2 Å². The van der Waals surface area contributed by atoms with E-state index in [4.69, 9.17) is 5.11 Å². The molecule has 1 N–H and O–H groups in total. The van der Waals surface area contributed by atoms with E-state index in [9.17, 15) is 9.59 Å². The molecule has 0 aliphatic carbocycles. The van der Waals surface area contributed by atoms with Crippen molar-refractivity contribution in [3.05, 3.63) is 23.0 Å². The summed E-state index contributed by atoms with van der Waals surface area (Å²) in [5.41, 5.74) is 0.360. The number of carboxylic acids is 1. The summed E-state index contributed by atoms with van der Waals surface area (Å²) in [5, 5.41) is 8.67. The lowest BCUT2D eigenvalue weighted by Crippen LogP contribution is -2.33. The first-order valence-electron chi connectivity index (χ1n) is 5.97. The number of aliphatic carboxylic acids is 1. The van der Waals surface area contributed by atoms with Gasteiger partial charge in [0.2, 0.25) is 0 Å². The highest BCUT2D eigenvalue weighted by molar-refractivity contribution is 7.17. The molecule has 2 rings (SSSR count). The average molecular weight is 281 g/mol. The monoisotopic (exact) mass is 281 g/mol. The maximum atomic E-state index is 12.2. The average Bonchev–Trinajstić information content (AvgIpc) is 2.86. The number of nitrogens with zero attached hydrogens (tertiary/aromatic N) is 3. The molecular formula is C12H15N3O3S. The molecule has 2 aromatic heterocycles. The van der Waals surface area contributed by atoms with Crippen LogP contribution < -0.4 is 0 Å². The summed E-state index contributed by atoms with van der Waals surface area (Å²) in [4.78, 5) is 30.4. The van der Waals surface area contributed by atoms with Gasteiger partial charge in [-0.25, -0.2) is 4.98 Å². The Morgan fingerprint density at radius 3 is 2.79 bits per heavy atom. The fourth-order valence-electron chi connectivity index (χ4n) is 1.81. The first-order valence-corrected chi connectivity index (χ1v) is 6.79. The van der Waals surface area contributed by atoms with Crippen LogP contribution in [-0.2, 0) is 4.79 Å². The van der Waals surface area contributed by atoms with Gasteiger partial charge in [-0.3, -0.25) is 14.0 Å². The van der Waals surface area contributed by atoms with Crippen molar-refractivity contribution in [2.45, 2.75) is 20.3 Å². The van der Waals surface area contributed by atoms with Crippen LogP contribution in [0.15, 0.2) is 12.4 Å². The zero-order valence-corrected chi connectivity index (χ0v) is 11.6. The smallest absolute Gasteiger partial charge is 0.305 e. The van der Waals surface area contributed by atoms with Crippen LogP contribution >= 0.6 is 11.3 Å². The number of hydrogen-bond donors (Lipinski definition) is 1. The number of fused-ring (bicyclic) bond motifs is 1. The number of imidazole rings is 1. The number of hydrogen-bond acceptors (Lipinski definition) is 4. The minimum absolute atomic E-state index is 0.0547. The second kappa shape index (κ2) is 5.40. The topological polar surface area (TPSA) is 74.9 Å². The molecule has 2 aromatic rings. The molecule has 102 valence electrons. The minimum atomic E-state index is -0.910. The SMILES string of the molecule is CCN(CCC(=O)O)C(=O)c1cn2cc(C)sc2n1. The third-order valence-corrected chi connectivity index (χ3v) is 3.67. The van der Waals surface area contributed by atoms with Gasteiger partial charge in [-0.2, -0.15) is 0 Å². The van der Waals surface area contributed by atoms with Gasteiger partial charge in [-0.05, 0) is 13.8 Å². The van der Waals surface area contributed by atoms with E-state index in [0.717, 1.165) is 9.84 Å². The fourth-order valence-corrected chi connectivity index (χ4v) is 2.62. The first kappa shape index (κ1) is 13.5. The Morgan fingerprint density at radius 2 is 2.21 bits per heavy atom. The number of amides is 1. The van der Waals surface area contributed by atoms with Crippen LogP contribution in [0.3, 0.4) is 0 Å². The summed E-state index contributed by atoms with van der Waals surface area (Å²) in [6.07, 6.45) is 3.54. The minimum Gasteiger partial charge on any atom is -0.481 e. The maximum absolute atomic E-state index is 12.2. The highest BCUT2D eigenvalue weighted by Crippen LogP contribution is 2.17. The van der Waals surface area contributed by atoms with Gasteiger partial charge < -0.3 is 10.0 Å². The summed E-state index contributed by atoms with van der Waals surface area (Å²) in [7, 11) is 0. The molecule has 0 saturated heterocycles. The fraction of sp³-hybridized carbons (Fsp3) is 0.417. The number of aromatic nitrogens is 2. The zero-order chi connectivity index (χ0) is 14.0. The van der Waals surface area contributed by atoms with E-state index < -0.39 is 5.97 Å². The molecule has 1 amide bonds. The number of carboxylic acid groups (broad SMARTS) is 1. The van der Waals surface area contributed by atoms with Gasteiger partial charge in [0.15, 0.2) is 4.96 Å². The highest BCUT2D eigenvalue weighted by Gasteiger charge is 2.18. The van der Waals surface area contributed by atoms with E-state index >= 15 is 0 Å². The van der Waals surface area contributed by atoms with Crippen LogP contribution in [0, 0.1) is 6.92 Å². The van der Waals surface area contributed by atoms with E-state index in [1.54, 1.807) is 6.20 Å². The van der Waals surface area contributed by atoms with Gasteiger partial charge in [0, 0.05) is 30.4 Å². The standard InChI is InChI=1S/C12H15N3O3S/c1-3-14(5-4-10(16)17)11(18)9-7-15-6-8(2)19-12(15)13-9/h6-7H,3-5H2,1-2H3,(H,16,17). The molecule has 0 radical (unpaired) electrons. The van der Waals surface area contributed by atoms with E-state index in [1.807, 2.05) is 24.4 Å². The van der Waals surface area contributed by atoms with Crippen molar-refractivity contribution in [3.8, 4) is 0 Å². The van der Waals surface area contributed by atoms with Crippen LogP contribution in [0.1, 0.15) is 28.7 Å². The summed E-state index contributed by atoms with van der Waals surface area (Å²) in [6, 6.07) is 0. The third kappa shape index (κ3) is 2.93. The molecule has 0 bridgehead atoms. The summed E-state index contributed by atoms with van der Waals surface area (Å²) in [6.45, 7) is 4.47. The Morgan fingerprint density at radius 1 is 1.47 bits per heavy atom. The van der Waals surface area contributed by atoms with Crippen LogP contribution in [0.5, 0.6) is 0 Å². The lowest BCUT2D eigenvalue weighted by Gasteiger charge is -2.18. The van der Waals surface area contributed by atoms with Crippen LogP contribution in [0.4, 0.5) is 0 Å². The largest absolute Gasteiger partial charge is 0.481 e. The van der Waals surface area contributed by atoms with Crippen LogP contribution in [0.2, 0.25) is 0 Å². The van der Waals surface area contributed by atoms with E-state index in [-0.39, 0.29) is 18.9 Å². The highest BCUT2D eigenvalue weighted by atomic mass is 32.1. The summed E-state index contributed by atoms with van der Waals surface area (Å²) < 4.78 is 1.82. The first-order chi connectivity index (χ1) is 9.01. The molecule has 0 unspecified atom stereocenters. The quantitative estimate of drug-likeness (QED) is 0.904. The van der Waals surface area contributed by atoms with Crippen molar-refractivity contribution in [3.63, 3.8) is 0 Å². The second-order valence-electron chi connectivity index (χ2n) is 4.19. The van der Waals surface area contributed by atoms with E-state index in [0.29, 0.717) is 12.2 Å². The molecule has 2 heterocycles. The number of carbonyl (C=O) groups excluding carboxylic acids is 1. The van der Waals surface area contributed by atoms with Gasteiger partial charge in [-0.15, -0.1) is 11.3 Å². The van der Waals surface area contributed by atoms with Crippen molar-refractivity contribution in [2.24, 2.45) is 0 Å². The Labute approximate surface area is 114 Å². The Hall–Kier alpha value is -1.89. The number of thiazole rings is 1. The van der Waals surface area contributed by atoms with Gasteiger partial charge >= 0.3 is 5.97 Å². The molecule has 0 saturated carbocycles. The molecular weight excluding hydrogens is 266 g/mol. The van der Waals surface area contributed by atoms with Gasteiger partial charge in [-0.1, -0.05) is 0 Å². The molecule has 0 spiro atoms. The lowest BCUT2D eigenvalue weighted by atomic mass is 10.3. The Bertz CT molecular complexity index is 585. The lowest BCUT2D eigenvalue weighted by molar-refractivity contribution is -0.137. The Balaban J connectivity index is 2.16. The Kier molecular flexibility index (Phi) is 3.84. The number of carbonyl (C=O) groups is 2. The predicted molar refractivity (Wildman–Crippen MR) is 71.6 cm³/mol. The molecule has 0 aliphatic rings. The number of aryl methyl sites for hydroxylation is 1. The van der Waals surface area contributed by atoms with Crippen LogP contribution in [0.25, 0.3) is 4.96 Å². The molecule has 19 heavy (non-hydrogen) atoms. The van der Waals surface area contributed by atoms with Crippen LogP contribution in [-0.4, -0.2) is 44.4 Å². The van der Waals surface area contributed by atoms with Gasteiger partial charge in [0.05, 0.1) is 6.42 Å². The summed E-state index contributed by atoms with van der Waals surface area (Å²) >= 11 is 1.51. The maximum Gasteiger partial charge on any atom is 0.305 e. The second-order valence-corrected chi connectivity index (χ2v) is 5.40. The molecule has 0 aliphatic heterocycles. The summed E-state index contributed by atoms with van der Waals surface area (Å²) in [5.74, 6) is -1.13. The zero-order valence-electron chi connectivity index (χ0n) is 10.8. The van der Waals surface area contributed by atoms with E-state index in [1.165, 1.54) is 16.2 Å². The molecule has 7 heteroatoms. The van der Waals surface area contributed by atoms with Crippen molar-refractivity contribution in [1.82, 2.24) is 14.3 Å². The molecule has 0 fully saturated rings. The molecule has 6 nitrogen and oxygen atoms in total. The van der Waals surface area contributed by atoms with Crippen molar-refractivity contribution in [2.75, 3.05) is 13.1 Å². The normalized spacial score (nSPS) is 10.8. The predicted octanol–water partition coefficient (Wildman–Crippen LogP) is 1.64. The van der Waals surface area contributed by atoms with Gasteiger partial charge in [0.1, 0.15) is 5.69 Å². The van der Waals surface area contributed by atoms with Crippen molar-refractivity contribution < 1.29 is 14.7 Å². The van der Waals surface area contributed by atoms with E-state index in [2.05, 4.69) is 4.98 Å². The van der Waals surface area contributed by atoms with Gasteiger partial charge in [0.25, 0.3) is 5.91 Å². The molecule has 0 aromatic carbocycles. The van der Waals surface area contributed by atoms with Crippen molar-refractivity contribution in [1.29, 1.82) is 0 Å². The third-order valence-electron chi connectivity index (χ3n) is 2.76.